The highest BCUT2D eigenvalue weighted by atomic mass is 16.5. The van der Waals surface area contributed by atoms with Crippen molar-refractivity contribution in [2.75, 3.05) is 6.61 Å². The zero-order valence-electron chi connectivity index (χ0n) is 18.9. The van der Waals surface area contributed by atoms with Gasteiger partial charge in [0.15, 0.2) is 17.0 Å². The van der Waals surface area contributed by atoms with E-state index >= 15 is 0 Å². The molecule has 0 saturated carbocycles. The Morgan fingerprint density at radius 2 is 1.73 bits per heavy atom. The number of hydrogen-bond acceptors (Lipinski definition) is 5. The van der Waals surface area contributed by atoms with E-state index in [4.69, 9.17) is 4.74 Å². The second-order valence-electron chi connectivity index (χ2n) is 8.07. The van der Waals surface area contributed by atoms with E-state index in [0.29, 0.717) is 35.9 Å². The Morgan fingerprint density at radius 3 is 2.42 bits per heavy atom. The van der Waals surface area contributed by atoms with Crippen LogP contribution in [-0.4, -0.2) is 34.9 Å². The average Bonchev–Trinajstić information content (AvgIpc) is 3.36. The molecule has 0 aliphatic rings. The molecule has 0 saturated heterocycles. The molecule has 168 valence electrons. The van der Waals surface area contributed by atoms with Gasteiger partial charge in [-0.1, -0.05) is 29.8 Å². The first-order valence-electron chi connectivity index (χ1n) is 10.7. The Balaban J connectivity index is 1.83. The quantitative estimate of drug-likeness (QED) is 0.416. The van der Waals surface area contributed by atoms with E-state index in [1.54, 1.807) is 11.4 Å². The maximum absolute atomic E-state index is 13.3. The van der Waals surface area contributed by atoms with Crippen LogP contribution in [0, 0.1) is 6.92 Å². The van der Waals surface area contributed by atoms with Gasteiger partial charge >= 0.3 is 5.69 Å². The Kier molecular flexibility index (Phi) is 4.88. The number of aromatic nitrogens is 6. The van der Waals surface area contributed by atoms with Crippen LogP contribution in [0.3, 0.4) is 0 Å². The molecule has 9 heteroatoms. The Labute approximate surface area is 189 Å². The summed E-state index contributed by atoms with van der Waals surface area (Å²) in [6.45, 7) is 4.95. The molecular weight excluding hydrogens is 420 g/mol. The van der Waals surface area contributed by atoms with Crippen molar-refractivity contribution in [2.24, 2.45) is 14.1 Å². The van der Waals surface area contributed by atoms with Gasteiger partial charge in [-0.25, -0.2) is 9.20 Å². The molecule has 3 heterocycles. The minimum Gasteiger partial charge on any atom is -0.494 e. The van der Waals surface area contributed by atoms with Crippen LogP contribution in [0.2, 0.25) is 0 Å². The number of fused-ring (bicyclic) bond motifs is 3. The summed E-state index contributed by atoms with van der Waals surface area (Å²) in [4.78, 5) is 26.1. The summed E-state index contributed by atoms with van der Waals surface area (Å²) in [5, 5.41) is 8.85. The van der Waals surface area contributed by atoms with Crippen LogP contribution in [0.1, 0.15) is 18.1 Å². The van der Waals surface area contributed by atoms with E-state index in [-0.39, 0.29) is 5.56 Å². The highest BCUT2D eigenvalue weighted by Crippen LogP contribution is 2.26. The van der Waals surface area contributed by atoms with E-state index in [1.165, 1.54) is 11.6 Å². The molecule has 33 heavy (non-hydrogen) atoms. The van der Waals surface area contributed by atoms with Crippen molar-refractivity contribution in [1.82, 2.24) is 28.3 Å². The molecule has 5 aromatic rings. The normalized spacial score (nSPS) is 11.5. The van der Waals surface area contributed by atoms with Gasteiger partial charge < -0.3 is 4.74 Å². The predicted molar refractivity (Wildman–Crippen MR) is 126 cm³/mol. The summed E-state index contributed by atoms with van der Waals surface area (Å²) in [7, 11) is 3.14. The molecule has 2 aromatic carbocycles. The van der Waals surface area contributed by atoms with Crippen LogP contribution >= 0.6 is 0 Å². The van der Waals surface area contributed by atoms with Crippen LogP contribution in [0.15, 0.2) is 58.1 Å². The number of hydrogen-bond donors (Lipinski definition) is 0. The van der Waals surface area contributed by atoms with Crippen molar-refractivity contribution in [3.05, 3.63) is 80.5 Å². The average molecular weight is 444 g/mol. The van der Waals surface area contributed by atoms with Gasteiger partial charge in [-0.2, -0.15) is 0 Å². The summed E-state index contributed by atoms with van der Waals surface area (Å²) in [5.41, 5.74) is 3.02. The van der Waals surface area contributed by atoms with Gasteiger partial charge in [0.1, 0.15) is 5.75 Å². The minimum atomic E-state index is -0.409. The Bertz CT molecular complexity index is 1620. The molecule has 0 aliphatic carbocycles. The van der Waals surface area contributed by atoms with Crippen LogP contribution in [0.5, 0.6) is 5.75 Å². The van der Waals surface area contributed by atoms with Gasteiger partial charge in [0.2, 0.25) is 5.78 Å². The lowest BCUT2D eigenvalue weighted by Crippen LogP contribution is -2.37. The van der Waals surface area contributed by atoms with Crippen molar-refractivity contribution in [3.63, 3.8) is 0 Å². The Hall–Kier alpha value is -4.14. The fourth-order valence-electron chi connectivity index (χ4n) is 4.25. The summed E-state index contributed by atoms with van der Waals surface area (Å²) >= 11 is 0. The molecule has 9 nitrogen and oxygen atoms in total. The highest BCUT2D eigenvalue weighted by Gasteiger charge is 2.24. The topological polar surface area (TPSA) is 88.3 Å². The lowest BCUT2D eigenvalue weighted by molar-refractivity contribution is 0.340. The molecule has 0 aliphatic heterocycles. The van der Waals surface area contributed by atoms with Crippen molar-refractivity contribution in [3.8, 4) is 17.1 Å². The fourth-order valence-corrected chi connectivity index (χ4v) is 4.25. The molecule has 0 bridgehead atoms. The largest absolute Gasteiger partial charge is 0.494 e. The standard InChI is InChI=1S/C24H24N6O3/c1-5-33-18-11-9-17(10-12-18)20-25-26-23-29(14-16-8-6-7-15(2)13-16)19-21(30(20)23)27(3)24(32)28(4)22(19)31/h6-13H,5,14H2,1-4H3. The van der Waals surface area contributed by atoms with Crippen LogP contribution < -0.4 is 16.0 Å². The number of nitrogens with zero attached hydrogens (tertiary/aromatic N) is 6. The van der Waals surface area contributed by atoms with Crippen LogP contribution in [0.25, 0.3) is 28.3 Å². The molecular formula is C24H24N6O3. The highest BCUT2D eigenvalue weighted by molar-refractivity contribution is 5.80. The number of imidazole rings is 1. The van der Waals surface area contributed by atoms with E-state index in [0.717, 1.165) is 27.0 Å². The van der Waals surface area contributed by atoms with Crippen molar-refractivity contribution in [1.29, 1.82) is 0 Å². The predicted octanol–water partition coefficient (Wildman–Crippen LogP) is 2.50. The summed E-state index contributed by atoms with van der Waals surface area (Å²) < 4.78 is 11.7. The van der Waals surface area contributed by atoms with Gasteiger partial charge in [-0.3, -0.25) is 18.5 Å². The van der Waals surface area contributed by atoms with E-state index in [2.05, 4.69) is 16.3 Å². The van der Waals surface area contributed by atoms with Gasteiger partial charge in [-0.05, 0) is 43.7 Å². The first-order chi connectivity index (χ1) is 15.9. The molecule has 5 rings (SSSR count). The third-order valence-electron chi connectivity index (χ3n) is 5.83. The third kappa shape index (κ3) is 3.24. The smallest absolute Gasteiger partial charge is 0.332 e. The second kappa shape index (κ2) is 7.77. The number of aryl methyl sites for hydroxylation is 2. The molecule has 0 fully saturated rings. The van der Waals surface area contributed by atoms with Gasteiger partial charge in [0, 0.05) is 19.7 Å². The van der Waals surface area contributed by atoms with Crippen molar-refractivity contribution >= 4 is 16.9 Å². The molecule has 0 N–H and O–H groups in total. The SMILES string of the molecule is CCOc1ccc(-c2nnc3n(Cc4cccc(C)c4)c4c(=O)n(C)c(=O)n(C)c4n23)cc1. The molecule has 0 unspecified atom stereocenters. The monoisotopic (exact) mass is 444 g/mol. The molecule has 0 atom stereocenters. The number of rotatable bonds is 5. The third-order valence-corrected chi connectivity index (χ3v) is 5.83. The molecule has 3 aromatic heterocycles. The lowest BCUT2D eigenvalue weighted by Gasteiger charge is -2.08. The maximum Gasteiger partial charge on any atom is 0.332 e. The first-order valence-corrected chi connectivity index (χ1v) is 10.7. The molecule has 0 spiro atoms. The second-order valence-corrected chi connectivity index (χ2v) is 8.07. The molecule has 0 amide bonds. The lowest BCUT2D eigenvalue weighted by atomic mass is 10.1. The molecule has 0 radical (unpaired) electrons. The number of benzene rings is 2. The van der Waals surface area contributed by atoms with Crippen LogP contribution in [-0.2, 0) is 20.6 Å². The van der Waals surface area contributed by atoms with E-state index < -0.39 is 5.69 Å². The number of ether oxygens (including phenoxy) is 1. The summed E-state index contributed by atoms with van der Waals surface area (Å²) in [6.07, 6.45) is 0. The first kappa shape index (κ1) is 20.7. The summed E-state index contributed by atoms with van der Waals surface area (Å²) in [6, 6.07) is 15.6. The van der Waals surface area contributed by atoms with Gasteiger partial charge in [-0.15, -0.1) is 10.2 Å². The van der Waals surface area contributed by atoms with Crippen molar-refractivity contribution < 1.29 is 4.74 Å². The fraction of sp³-hybridized carbons (Fsp3) is 0.250. The summed E-state index contributed by atoms with van der Waals surface area (Å²) in [5.74, 6) is 1.79. The zero-order valence-corrected chi connectivity index (χ0v) is 18.9. The van der Waals surface area contributed by atoms with Crippen molar-refractivity contribution in [2.45, 2.75) is 20.4 Å². The van der Waals surface area contributed by atoms with Gasteiger partial charge in [0.05, 0.1) is 13.2 Å². The van der Waals surface area contributed by atoms with Gasteiger partial charge in [0.25, 0.3) is 5.56 Å². The minimum absolute atomic E-state index is 0.371. The Morgan fingerprint density at radius 1 is 0.970 bits per heavy atom. The van der Waals surface area contributed by atoms with Crippen LogP contribution in [0.4, 0.5) is 0 Å². The van der Waals surface area contributed by atoms with E-state index in [9.17, 15) is 9.59 Å². The maximum atomic E-state index is 13.3. The van der Waals surface area contributed by atoms with E-state index in [1.807, 2.05) is 60.9 Å². The zero-order chi connectivity index (χ0) is 23.3.